The molecule has 0 aliphatic heterocycles. The van der Waals surface area contributed by atoms with Crippen LogP contribution in [0.5, 0.6) is 0 Å². The number of H-pyrrole nitrogens is 1. The van der Waals surface area contributed by atoms with Gasteiger partial charge in [0.25, 0.3) is 0 Å². The summed E-state index contributed by atoms with van der Waals surface area (Å²) in [6, 6.07) is 145. The van der Waals surface area contributed by atoms with E-state index < -0.39 is 0 Å². The monoisotopic (exact) mass is 1640 g/mol. The van der Waals surface area contributed by atoms with Crippen molar-refractivity contribution in [1.29, 1.82) is 0 Å². The van der Waals surface area contributed by atoms with Crippen LogP contribution in [0.15, 0.2) is 413 Å². The number of halogens is 1. The van der Waals surface area contributed by atoms with Gasteiger partial charge in [0, 0.05) is 107 Å². The summed E-state index contributed by atoms with van der Waals surface area (Å²) in [5.74, 6) is 0.673. The van der Waals surface area contributed by atoms with E-state index in [1.54, 1.807) is 6.20 Å². The number of hydrogen-bond acceptors (Lipinski definition) is 6. The third kappa shape index (κ3) is 12.4. The third-order valence-corrected chi connectivity index (χ3v) is 27.0. The first-order valence-corrected chi connectivity index (χ1v) is 43.9. The van der Waals surface area contributed by atoms with Crippen LogP contribution in [0.3, 0.4) is 0 Å². The molecule has 0 fully saturated rings. The van der Waals surface area contributed by atoms with Crippen LogP contribution in [0.1, 0.15) is 49.9 Å². The Bertz CT molecular complexity index is 8180. The minimum Gasteiger partial charge on any atom is -0.354 e. The van der Waals surface area contributed by atoms with E-state index in [1.807, 2.05) is 42.6 Å². The van der Waals surface area contributed by atoms with Gasteiger partial charge in [-0.2, -0.15) is 0 Å². The molecule has 4 aliphatic carbocycles. The van der Waals surface area contributed by atoms with Crippen LogP contribution in [0.2, 0.25) is 5.28 Å². The summed E-state index contributed by atoms with van der Waals surface area (Å²) >= 11 is 5.60. The second-order valence-electron chi connectivity index (χ2n) is 34.7. The van der Waals surface area contributed by atoms with E-state index in [1.165, 1.54) is 155 Å². The molecule has 0 unspecified atom stereocenters. The van der Waals surface area contributed by atoms with Gasteiger partial charge in [-0.1, -0.05) is 319 Å². The molecule has 0 saturated carbocycles. The van der Waals surface area contributed by atoms with E-state index in [4.69, 9.17) is 21.6 Å². The average molecular weight is 1650 g/mol. The molecule has 127 heavy (non-hydrogen) atoms. The topological polar surface area (TPSA) is 78.8 Å². The molecule has 4 aromatic heterocycles. The number of fused-ring (bicyclic) bond motifs is 18. The highest BCUT2D eigenvalue weighted by Gasteiger charge is 2.38. The summed E-state index contributed by atoms with van der Waals surface area (Å²) in [5, 5.41) is 9.98. The molecule has 0 atom stereocenters. The Labute approximate surface area is 741 Å². The van der Waals surface area contributed by atoms with Crippen molar-refractivity contribution in [3.63, 3.8) is 0 Å². The molecule has 0 radical (unpaired) electrons. The smallest absolute Gasteiger partial charge is 0.235 e. The lowest BCUT2D eigenvalue weighted by Gasteiger charge is -2.26. The largest absolute Gasteiger partial charge is 0.354 e. The second-order valence-corrected chi connectivity index (χ2v) is 35.0. The van der Waals surface area contributed by atoms with Crippen molar-refractivity contribution < 1.29 is 0 Å². The highest BCUT2D eigenvalue weighted by atomic mass is 35.5. The zero-order valence-electron chi connectivity index (χ0n) is 70.3. The molecule has 4 aliphatic rings. The molecule has 1 N–H and O–H groups in total. The first-order chi connectivity index (χ1) is 62.4. The molecular weight excluding hydrogens is 1560 g/mol. The fraction of sp³-hybridized carbons (Fsp3) is 0.0508. The van der Waals surface area contributed by atoms with Crippen LogP contribution in [-0.4, -0.2) is 29.5 Å². The average Bonchev–Trinajstić information content (AvgIpc) is 1.54. The molecule has 26 rings (SSSR count). The van der Waals surface area contributed by atoms with E-state index in [2.05, 4.69) is 421 Å². The number of benzene rings is 18. The van der Waals surface area contributed by atoms with E-state index in [0.29, 0.717) is 11.2 Å². The van der Waals surface area contributed by atoms with E-state index in [-0.39, 0.29) is 10.8 Å². The highest BCUT2D eigenvalue weighted by molar-refractivity contribution is 6.28. The minimum absolute atomic E-state index is 0.0211. The van der Waals surface area contributed by atoms with Crippen molar-refractivity contribution in [1.82, 2.24) is 29.5 Å². The number of rotatable bonds is 11. The maximum atomic E-state index is 5.60. The van der Waals surface area contributed by atoms with Gasteiger partial charge in [-0.15, -0.1) is 0 Å². The Balaban J connectivity index is 0.000000128. The number of aromatic nitrogens is 6. The molecule has 0 bridgehead atoms. The summed E-state index contributed by atoms with van der Waals surface area (Å²) in [7, 11) is 0. The Kier molecular flexibility index (Phi) is 17.5. The molecule has 600 valence electrons. The van der Waals surface area contributed by atoms with Crippen molar-refractivity contribution in [2.45, 2.75) is 38.5 Å². The predicted molar refractivity (Wildman–Crippen MR) is 529 cm³/mol. The summed E-state index contributed by atoms with van der Waals surface area (Å²) in [4.78, 5) is 26.5. The van der Waals surface area contributed by atoms with Gasteiger partial charge in [0.15, 0.2) is 0 Å². The Hall–Kier alpha value is -15.9. The van der Waals surface area contributed by atoms with Crippen LogP contribution >= 0.6 is 11.6 Å². The number of nitrogens with zero attached hydrogens (tertiary/aromatic N) is 7. The van der Waals surface area contributed by atoms with Crippen LogP contribution in [0, 0.1) is 0 Å². The lowest BCUT2D eigenvalue weighted by molar-refractivity contribution is 0.660. The van der Waals surface area contributed by atoms with Gasteiger partial charge >= 0.3 is 0 Å². The molecular formula is C118H81ClN8. The van der Waals surface area contributed by atoms with Crippen LogP contribution in [0.4, 0.5) is 34.1 Å². The van der Waals surface area contributed by atoms with Crippen LogP contribution in [-0.2, 0) is 10.8 Å². The zero-order chi connectivity index (χ0) is 84.8. The van der Waals surface area contributed by atoms with Crippen molar-refractivity contribution in [2.24, 2.45) is 0 Å². The molecule has 22 aromatic rings. The van der Waals surface area contributed by atoms with Gasteiger partial charge in [-0.25, -0.2) is 19.9 Å². The maximum absolute atomic E-state index is 5.60. The van der Waals surface area contributed by atoms with Gasteiger partial charge in [-0.05, 0) is 242 Å². The first kappa shape index (κ1) is 74.9. The summed E-state index contributed by atoms with van der Waals surface area (Å²) < 4.78 is 2.28. The van der Waals surface area contributed by atoms with Gasteiger partial charge < -0.3 is 14.8 Å². The van der Waals surface area contributed by atoms with Gasteiger partial charge in [0.2, 0.25) is 11.2 Å². The fourth-order valence-corrected chi connectivity index (χ4v) is 20.8. The zero-order valence-corrected chi connectivity index (χ0v) is 71.0. The quantitative estimate of drug-likeness (QED) is 0.130. The minimum atomic E-state index is -0.0404. The molecule has 4 heterocycles. The van der Waals surface area contributed by atoms with Gasteiger partial charge in [0.1, 0.15) is 0 Å². The molecule has 0 saturated heterocycles. The Morgan fingerprint density at radius 2 is 0.654 bits per heavy atom. The van der Waals surface area contributed by atoms with Gasteiger partial charge in [-0.3, -0.25) is 4.57 Å². The third-order valence-electron chi connectivity index (χ3n) is 26.8. The van der Waals surface area contributed by atoms with E-state index in [0.717, 1.165) is 78.3 Å². The molecule has 9 heteroatoms. The van der Waals surface area contributed by atoms with E-state index in [9.17, 15) is 0 Å². The van der Waals surface area contributed by atoms with Gasteiger partial charge in [0.05, 0.1) is 27.9 Å². The highest BCUT2D eigenvalue weighted by Crippen LogP contribution is 2.56. The number of anilines is 6. The first-order valence-electron chi connectivity index (χ1n) is 43.5. The Morgan fingerprint density at radius 3 is 1.17 bits per heavy atom. The van der Waals surface area contributed by atoms with Crippen molar-refractivity contribution in [2.75, 3.05) is 9.80 Å². The fourth-order valence-electron chi connectivity index (χ4n) is 20.6. The normalized spacial score (nSPS) is 12.9. The second kappa shape index (κ2) is 29.7. The maximum Gasteiger partial charge on any atom is 0.235 e. The molecule has 0 amide bonds. The molecule has 18 aromatic carbocycles. The Morgan fingerprint density at radius 1 is 0.283 bits per heavy atom. The number of nitrogens with one attached hydrogen (secondary N) is 1. The standard InChI is InChI=1S/C59H40N4.C51H36N2.C8H5ClN2/c1-59(2)51-20-8-7-17-46(51)47-32-26-40(34-52(47)59)37-22-28-44(29-23-37)62(43-15-4-3-5-16-43)45-30-24-38(25-31-45)41-27-33-48-54(35-41)63(58-60-36-42-12-6-9-21-53(42)61-58)57-50-19-11-14-39-13-10-18-49(55(39)50)56(48)57;1-51(2)45-17-7-6-14-40(45)41-28-22-35(30-46(41)51)32-18-24-38(25-19-32)53(37-12-4-3-5-13-37)39-26-20-33(21-27-39)36-23-29-42-47(31-36)52-50-44-16-9-11-34-10-8-15-43(48(34)44)49(42)50;9-8-10-5-6-3-1-2-4-7(6)11-8/h3-36H,1-2H3;3-31,52H,1-2H3;1-5H. The van der Waals surface area contributed by atoms with Crippen LogP contribution < -0.4 is 9.80 Å². The molecule has 0 spiro atoms. The summed E-state index contributed by atoms with van der Waals surface area (Å²) in [6.07, 6.45) is 3.66. The van der Waals surface area contributed by atoms with E-state index >= 15 is 0 Å². The van der Waals surface area contributed by atoms with Crippen LogP contribution in [0.25, 0.3) is 183 Å². The number of hydrogen-bond donors (Lipinski definition) is 1. The van der Waals surface area contributed by atoms with Crippen molar-refractivity contribution >= 4 is 111 Å². The lowest BCUT2D eigenvalue weighted by atomic mass is 9.81. The molecule has 8 nitrogen and oxygen atoms in total. The number of para-hydroxylation sites is 4. The van der Waals surface area contributed by atoms with Crippen molar-refractivity contribution in [3.8, 4) is 117 Å². The SMILES string of the molecule is CC1(C)c2ccccc2-c2ccc(-c3ccc(N(c4ccccc4)c4ccc(-c5ccc6c7c([nH]c6c5)-c5cccc6cccc-7c56)cc4)cc3)cc21.CC1(C)c2ccccc2-c2ccc(-c3ccc(N(c4ccccc4)c4ccc(-c5ccc6c7c(n(-c8ncc9ccccc9n8)c6c5)-c5cccc6cccc-7c56)cc4)cc3)cc21.Clc1ncc2ccccc2n1. The predicted octanol–water partition coefficient (Wildman–Crippen LogP) is 31.8. The van der Waals surface area contributed by atoms with Crippen molar-refractivity contribution in [3.05, 3.63) is 440 Å². The number of aromatic amines is 1. The summed E-state index contributed by atoms with van der Waals surface area (Å²) in [5.41, 5.74) is 41.3. The summed E-state index contributed by atoms with van der Waals surface area (Å²) in [6.45, 7) is 9.37. The lowest BCUT2D eigenvalue weighted by Crippen LogP contribution is -2.14.